The number of amides is 1. The summed E-state index contributed by atoms with van der Waals surface area (Å²) in [4.78, 5) is 14.4. The van der Waals surface area contributed by atoms with Crippen molar-refractivity contribution in [3.8, 4) is 0 Å². The van der Waals surface area contributed by atoms with Crippen LogP contribution in [-0.4, -0.2) is 11.9 Å². The molecule has 0 bridgehead atoms. The maximum atomic E-state index is 13.3. The van der Waals surface area contributed by atoms with Crippen molar-refractivity contribution < 1.29 is 9.18 Å². The van der Waals surface area contributed by atoms with E-state index in [-0.39, 0.29) is 11.9 Å². The van der Waals surface area contributed by atoms with E-state index in [1.165, 1.54) is 12.1 Å². The first-order valence-corrected chi connectivity index (χ1v) is 7.07. The highest BCUT2D eigenvalue weighted by Crippen LogP contribution is 2.33. The van der Waals surface area contributed by atoms with Crippen LogP contribution in [0.5, 0.6) is 0 Å². The van der Waals surface area contributed by atoms with Crippen molar-refractivity contribution >= 4 is 11.6 Å². The second-order valence-corrected chi connectivity index (χ2v) is 5.29. The molecule has 0 atom stereocenters. The molecule has 21 heavy (non-hydrogen) atoms. The fourth-order valence-electron chi connectivity index (χ4n) is 2.38. The molecule has 1 fully saturated rings. The standard InChI is InChI=1S/C17H17FN2O/c18-14-3-1-2-13(10-14)17(21)20(16-8-9-16)15-6-4-12(11-19)5-7-15/h1-7,10,16H,8-9,11,19H2. The predicted octanol–water partition coefficient (Wildman–Crippen LogP) is 3.09. The number of carbonyl (C=O) groups excluding carboxylic acids is 1. The lowest BCUT2D eigenvalue weighted by Crippen LogP contribution is -2.33. The predicted molar refractivity (Wildman–Crippen MR) is 80.6 cm³/mol. The van der Waals surface area contributed by atoms with Gasteiger partial charge in [0, 0.05) is 23.8 Å². The Morgan fingerprint density at radius 1 is 1.19 bits per heavy atom. The summed E-state index contributed by atoms with van der Waals surface area (Å²) in [5.41, 5.74) is 7.83. The summed E-state index contributed by atoms with van der Waals surface area (Å²) in [5.74, 6) is -0.549. The molecule has 108 valence electrons. The van der Waals surface area contributed by atoms with Crippen LogP contribution in [0.1, 0.15) is 28.8 Å². The van der Waals surface area contributed by atoms with Crippen LogP contribution in [0.2, 0.25) is 0 Å². The molecule has 1 aliphatic carbocycles. The van der Waals surface area contributed by atoms with E-state index in [1.54, 1.807) is 17.0 Å². The number of halogens is 1. The summed E-state index contributed by atoms with van der Waals surface area (Å²) in [6.45, 7) is 0.474. The zero-order valence-corrected chi connectivity index (χ0v) is 11.6. The molecule has 0 heterocycles. The molecule has 3 rings (SSSR count). The van der Waals surface area contributed by atoms with Gasteiger partial charge >= 0.3 is 0 Å². The molecule has 4 heteroatoms. The van der Waals surface area contributed by atoms with Gasteiger partial charge in [0.05, 0.1) is 0 Å². The van der Waals surface area contributed by atoms with E-state index in [0.29, 0.717) is 12.1 Å². The molecule has 0 saturated heterocycles. The summed E-state index contributed by atoms with van der Waals surface area (Å²) < 4.78 is 13.3. The zero-order valence-electron chi connectivity index (χ0n) is 11.6. The normalized spacial score (nSPS) is 14.0. The Hall–Kier alpha value is -2.20. The molecule has 1 amide bonds. The quantitative estimate of drug-likeness (QED) is 0.937. The third-order valence-corrected chi connectivity index (χ3v) is 3.65. The van der Waals surface area contributed by atoms with Gasteiger partial charge in [-0.2, -0.15) is 0 Å². The number of anilines is 1. The fourth-order valence-corrected chi connectivity index (χ4v) is 2.38. The average Bonchev–Trinajstić information content (AvgIpc) is 3.33. The lowest BCUT2D eigenvalue weighted by atomic mass is 10.1. The lowest BCUT2D eigenvalue weighted by molar-refractivity contribution is 0.0985. The topological polar surface area (TPSA) is 46.3 Å². The SMILES string of the molecule is NCc1ccc(N(C(=O)c2cccc(F)c2)C2CC2)cc1. The first-order chi connectivity index (χ1) is 10.2. The molecule has 2 aromatic carbocycles. The van der Waals surface area contributed by atoms with Gasteiger partial charge in [-0.05, 0) is 48.7 Å². The molecular formula is C17H17FN2O. The van der Waals surface area contributed by atoms with Crippen molar-refractivity contribution in [2.45, 2.75) is 25.4 Å². The maximum Gasteiger partial charge on any atom is 0.258 e. The van der Waals surface area contributed by atoms with Gasteiger partial charge in [-0.15, -0.1) is 0 Å². The Kier molecular flexibility index (Phi) is 3.71. The van der Waals surface area contributed by atoms with Gasteiger partial charge in [0.1, 0.15) is 5.82 Å². The van der Waals surface area contributed by atoms with Gasteiger partial charge in [0.15, 0.2) is 0 Å². The minimum absolute atomic E-state index is 0.155. The van der Waals surface area contributed by atoms with Gasteiger partial charge < -0.3 is 10.6 Å². The van der Waals surface area contributed by atoms with Crippen molar-refractivity contribution in [1.82, 2.24) is 0 Å². The molecule has 0 aromatic heterocycles. The fraction of sp³-hybridized carbons (Fsp3) is 0.235. The van der Waals surface area contributed by atoms with Crippen molar-refractivity contribution in [1.29, 1.82) is 0 Å². The Labute approximate surface area is 123 Å². The van der Waals surface area contributed by atoms with Gasteiger partial charge in [0.2, 0.25) is 0 Å². The van der Waals surface area contributed by atoms with Crippen molar-refractivity contribution in [3.05, 3.63) is 65.5 Å². The average molecular weight is 284 g/mol. The van der Waals surface area contributed by atoms with Crippen LogP contribution in [0.25, 0.3) is 0 Å². The third-order valence-electron chi connectivity index (χ3n) is 3.65. The molecule has 0 unspecified atom stereocenters. The van der Waals surface area contributed by atoms with Crippen LogP contribution in [-0.2, 0) is 6.54 Å². The molecule has 0 aliphatic heterocycles. The van der Waals surface area contributed by atoms with Gasteiger partial charge in [-0.1, -0.05) is 18.2 Å². The summed E-state index contributed by atoms with van der Waals surface area (Å²) >= 11 is 0. The summed E-state index contributed by atoms with van der Waals surface area (Å²) in [5, 5.41) is 0. The highest BCUT2D eigenvalue weighted by molar-refractivity contribution is 6.06. The number of nitrogens with zero attached hydrogens (tertiary/aromatic N) is 1. The van der Waals surface area contributed by atoms with Gasteiger partial charge in [0.25, 0.3) is 5.91 Å². The Morgan fingerprint density at radius 3 is 2.48 bits per heavy atom. The zero-order chi connectivity index (χ0) is 14.8. The van der Waals surface area contributed by atoms with E-state index in [4.69, 9.17) is 5.73 Å². The number of carbonyl (C=O) groups is 1. The van der Waals surface area contributed by atoms with Crippen LogP contribution in [0.15, 0.2) is 48.5 Å². The molecular weight excluding hydrogens is 267 g/mol. The minimum Gasteiger partial charge on any atom is -0.326 e. The molecule has 1 aliphatic rings. The van der Waals surface area contributed by atoms with Gasteiger partial charge in [-0.25, -0.2) is 4.39 Å². The number of benzene rings is 2. The van der Waals surface area contributed by atoms with E-state index in [0.717, 1.165) is 24.1 Å². The van der Waals surface area contributed by atoms with E-state index in [9.17, 15) is 9.18 Å². The Balaban J connectivity index is 1.92. The third kappa shape index (κ3) is 2.95. The van der Waals surface area contributed by atoms with Crippen LogP contribution in [0.4, 0.5) is 10.1 Å². The highest BCUT2D eigenvalue weighted by Gasteiger charge is 2.34. The molecule has 1 saturated carbocycles. The molecule has 2 aromatic rings. The summed E-state index contributed by atoms with van der Waals surface area (Å²) in [6.07, 6.45) is 1.97. The first-order valence-electron chi connectivity index (χ1n) is 7.07. The lowest BCUT2D eigenvalue weighted by Gasteiger charge is -2.23. The van der Waals surface area contributed by atoms with Crippen LogP contribution >= 0.6 is 0 Å². The monoisotopic (exact) mass is 284 g/mol. The van der Waals surface area contributed by atoms with Gasteiger partial charge in [-0.3, -0.25) is 4.79 Å². The van der Waals surface area contributed by atoms with Crippen LogP contribution in [0.3, 0.4) is 0 Å². The second kappa shape index (κ2) is 5.66. The molecule has 3 nitrogen and oxygen atoms in total. The maximum absolute atomic E-state index is 13.3. The molecule has 0 spiro atoms. The van der Waals surface area contributed by atoms with Crippen LogP contribution < -0.4 is 10.6 Å². The van der Waals surface area contributed by atoms with Crippen molar-refractivity contribution in [2.24, 2.45) is 5.73 Å². The minimum atomic E-state index is -0.393. The van der Waals surface area contributed by atoms with Crippen molar-refractivity contribution in [3.63, 3.8) is 0 Å². The summed E-state index contributed by atoms with van der Waals surface area (Å²) in [6, 6.07) is 13.7. The van der Waals surface area contributed by atoms with E-state index < -0.39 is 5.82 Å². The van der Waals surface area contributed by atoms with Crippen molar-refractivity contribution in [2.75, 3.05) is 4.90 Å². The number of hydrogen-bond acceptors (Lipinski definition) is 2. The number of rotatable bonds is 4. The Bertz CT molecular complexity index is 650. The molecule has 0 radical (unpaired) electrons. The van der Waals surface area contributed by atoms with Crippen LogP contribution in [0, 0.1) is 5.82 Å². The van der Waals surface area contributed by atoms with E-state index in [2.05, 4.69) is 0 Å². The smallest absolute Gasteiger partial charge is 0.258 e. The van der Waals surface area contributed by atoms with E-state index >= 15 is 0 Å². The molecule has 2 N–H and O–H groups in total. The summed E-state index contributed by atoms with van der Waals surface area (Å²) in [7, 11) is 0. The Morgan fingerprint density at radius 2 is 1.90 bits per heavy atom. The number of nitrogens with two attached hydrogens (primary N) is 1. The largest absolute Gasteiger partial charge is 0.326 e. The van der Waals surface area contributed by atoms with E-state index in [1.807, 2.05) is 24.3 Å². The number of hydrogen-bond donors (Lipinski definition) is 1. The second-order valence-electron chi connectivity index (χ2n) is 5.29. The highest BCUT2D eigenvalue weighted by atomic mass is 19.1. The first kappa shape index (κ1) is 13.8.